The summed E-state index contributed by atoms with van der Waals surface area (Å²) in [5.74, 6) is -0.00511. The number of nitriles is 1. The van der Waals surface area contributed by atoms with Crippen molar-refractivity contribution in [3.63, 3.8) is 0 Å². The Hall–Kier alpha value is -3.17. The maximum Gasteiger partial charge on any atom is 0.253 e. The summed E-state index contributed by atoms with van der Waals surface area (Å²) >= 11 is 0. The van der Waals surface area contributed by atoms with E-state index in [1.165, 1.54) is 0 Å². The van der Waals surface area contributed by atoms with E-state index >= 15 is 0 Å². The fourth-order valence-electron chi connectivity index (χ4n) is 3.31. The molecule has 0 aliphatic carbocycles. The first-order valence-electron chi connectivity index (χ1n) is 8.68. The molecule has 1 aromatic carbocycles. The molecule has 1 aliphatic heterocycles. The molecule has 0 atom stereocenters. The third kappa shape index (κ3) is 3.30. The third-order valence-electron chi connectivity index (χ3n) is 4.70. The van der Waals surface area contributed by atoms with Crippen LogP contribution in [0, 0.1) is 11.3 Å². The van der Waals surface area contributed by atoms with Gasteiger partial charge in [-0.3, -0.25) is 9.69 Å². The van der Waals surface area contributed by atoms with Gasteiger partial charge in [0.1, 0.15) is 0 Å². The van der Waals surface area contributed by atoms with Crippen LogP contribution >= 0.6 is 0 Å². The lowest BCUT2D eigenvalue weighted by atomic mass is 10.1. The van der Waals surface area contributed by atoms with Gasteiger partial charge in [-0.25, -0.2) is 4.52 Å². The summed E-state index contributed by atoms with van der Waals surface area (Å²) in [6.45, 7) is 3.79. The maximum absolute atomic E-state index is 12.6. The maximum atomic E-state index is 12.6. The summed E-state index contributed by atoms with van der Waals surface area (Å²) < 4.78 is 1.89. The number of pyridine rings is 1. The fourth-order valence-corrected chi connectivity index (χ4v) is 3.31. The Balaban J connectivity index is 1.37. The highest BCUT2D eigenvalue weighted by Crippen LogP contribution is 2.13. The van der Waals surface area contributed by atoms with Crippen molar-refractivity contribution >= 4 is 11.4 Å². The van der Waals surface area contributed by atoms with Gasteiger partial charge < -0.3 is 4.90 Å². The van der Waals surface area contributed by atoms with Gasteiger partial charge in [0.15, 0.2) is 0 Å². The Bertz CT molecular complexity index is 946. The van der Waals surface area contributed by atoms with E-state index < -0.39 is 0 Å². The van der Waals surface area contributed by atoms with Gasteiger partial charge in [-0.2, -0.15) is 10.4 Å². The molecule has 2 aromatic heterocycles. The molecule has 4 rings (SSSR count). The predicted molar refractivity (Wildman–Crippen MR) is 97.5 cm³/mol. The van der Waals surface area contributed by atoms with Gasteiger partial charge >= 0.3 is 0 Å². The highest BCUT2D eigenvalue weighted by molar-refractivity contribution is 5.94. The van der Waals surface area contributed by atoms with Crippen molar-refractivity contribution in [2.24, 2.45) is 0 Å². The van der Waals surface area contributed by atoms with Crippen LogP contribution in [-0.2, 0) is 6.54 Å². The summed E-state index contributed by atoms with van der Waals surface area (Å²) in [5.41, 5.74) is 3.23. The van der Waals surface area contributed by atoms with Crippen molar-refractivity contribution in [3.05, 3.63) is 71.5 Å². The number of benzene rings is 1. The average molecular weight is 345 g/mol. The van der Waals surface area contributed by atoms with Crippen molar-refractivity contribution in [3.8, 4) is 6.07 Å². The lowest BCUT2D eigenvalue weighted by Gasteiger charge is -2.34. The highest BCUT2D eigenvalue weighted by atomic mass is 16.2. The van der Waals surface area contributed by atoms with Gasteiger partial charge in [0.05, 0.1) is 22.8 Å². The molecule has 3 aromatic rings. The topological polar surface area (TPSA) is 64.6 Å². The Morgan fingerprint density at radius 3 is 2.69 bits per heavy atom. The number of fused-ring (bicyclic) bond motifs is 1. The number of piperazine rings is 1. The number of carbonyl (C=O) groups excluding carboxylic acids is 1. The van der Waals surface area contributed by atoms with Gasteiger partial charge in [-0.1, -0.05) is 12.1 Å². The average Bonchev–Trinajstić information content (AvgIpc) is 3.10. The number of hydrogen-bond acceptors (Lipinski definition) is 4. The van der Waals surface area contributed by atoms with Crippen molar-refractivity contribution in [1.82, 2.24) is 19.4 Å². The summed E-state index contributed by atoms with van der Waals surface area (Å²) in [6.07, 6.45) is 1.95. The number of hydrogen-bond donors (Lipinski definition) is 0. The molecule has 3 heterocycles. The van der Waals surface area contributed by atoms with Crippen LogP contribution in [0.1, 0.15) is 21.6 Å². The minimum Gasteiger partial charge on any atom is -0.336 e. The van der Waals surface area contributed by atoms with Crippen LogP contribution in [0.4, 0.5) is 0 Å². The second kappa shape index (κ2) is 6.98. The summed E-state index contributed by atoms with van der Waals surface area (Å²) in [4.78, 5) is 16.8. The predicted octanol–water partition coefficient (Wildman–Crippen LogP) is 2.16. The fraction of sp³-hybridized carbons (Fsp3) is 0.250. The van der Waals surface area contributed by atoms with E-state index in [1.54, 1.807) is 24.3 Å². The molecule has 0 radical (unpaired) electrons. The van der Waals surface area contributed by atoms with E-state index in [1.807, 2.05) is 33.8 Å². The first kappa shape index (κ1) is 16.3. The highest BCUT2D eigenvalue weighted by Gasteiger charge is 2.22. The van der Waals surface area contributed by atoms with E-state index in [-0.39, 0.29) is 5.91 Å². The summed E-state index contributed by atoms with van der Waals surface area (Å²) in [7, 11) is 0. The minimum absolute atomic E-state index is 0.00511. The van der Waals surface area contributed by atoms with Crippen LogP contribution in [0.2, 0.25) is 0 Å². The zero-order valence-corrected chi connectivity index (χ0v) is 14.4. The second-order valence-corrected chi connectivity index (χ2v) is 6.47. The van der Waals surface area contributed by atoms with Crippen LogP contribution in [0.5, 0.6) is 0 Å². The Kier molecular flexibility index (Phi) is 4.38. The molecular formula is C20H19N5O. The number of amides is 1. The number of carbonyl (C=O) groups is 1. The van der Waals surface area contributed by atoms with Crippen molar-refractivity contribution in [2.45, 2.75) is 6.54 Å². The monoisotopic (exact) mass is 345 g/mol. The number of nitrogens with zero attached hydrogens (tertiary/aromatic N) is 5. The third-order valence-corrected chi connectivity index (χ3v) is 4.70. The normalized spacial score (nSPS) is 15.1. The van der Waals surface area contributed by atoms with Crippen molar-refractivity contribution in [1.29, 1.82) is 5.26 Å². The van der Waals surface area contributed by atoms with E-state index in [2.05, 4.69) is 22.1 Å². The van der Waals surface area contributed by atoms with E-state index in [4.69, 9.17) is 5.26 Å². The first-order valence-corrected chi connectivity index (χ1v) is 8.68. The summed E-state index contributed by atoms with van der Waals surface area (Å²) in [5, 5.41) is 13.6. The molecule has 1 aliphatic rings. The zero-order valence-electron chi connectivity index (χ0n) is 14.4. The molecular weight excluding hydrogens is 326 g/mol. The first-order chi connectivity index (χ1) is 12.7. The molecule has 0 bridgehead atoms. The lowest BCUT2D eigenvalue weighted by molar-refractivity contribution is 0.0627. The molecule has 1 fully saturated rings. The molecule has 0 saturated carbocycles. The molecule has 1 amide bonds. The van der Waals surface area contributed by atoms with Gasteiger partial charge in [-0.15, -0.1) is 0 Å². The lowest BCUT2D eigenvalue weighted by Crippen LogP contribution is -2.48. The van der Waals surface area contributed by atoms with E-state index in [0.29, 0.717) is 24.2 Å². The number of aromatic nitrogens is 2. The SMILES string of the molecule is N#Cc1cccc(C(=O)N2CCN(Cc3cc4ccccn4n3)CC2)c1. The largest absolute Gasteiger partial charge is 0.336 e. The van der Waals surface area contributed by atoms with Crippen LogP contribution < -0.4 is 0 Å². The van der Waals surface area contributed by atoms with Crippen LogP contribution in [0.3, 0.4) is 0 Å². The molecule has 1 saturated heterocycles. The standard InChI is InChI=1S/C20H19N5O/c21-14-16-4-3-5-17(12-16)20(26)24-10-8-23(9-11-24)15-18-13-19-6-1-2-7-25(19)22-18/h1-7,12-13H,8-11,15H2. The zero-order chi connectivity index (χ0) is 17.9. The molecule has 6 heteroatoms. The minimum atomic E-state index is -0.00511. The van der Waals surface area contributed by atoms with Crippen molar-refractivity contribution in [2.75, 3.05) is 26.2 Å². The molecule has 0 N–H and O–H groups in total. The van der Waals surface area contributed by atoms with E-state index in [0.717, 1.165) is 30.8 Å². The van der Waals surface area contributed by atoms with Crippen molar-refractivity contribution < 1.29 is 4.79 Å². The van der Waals surface area contributed by atoms with Crippen LogP contribution in [-0.4, -0.2) is 51.5 Å². The number of rotatable bonds is 3. The quantitative estimate of drug-likeness (QED) is 0.730. The molecule has 0 spiro atoms. The molecule has 0 unspecified atom stereocenters. The molecule has 130 valence electrons. The van der Waals surface area contributed by atoms with Gasteiger partial charge in [0, 0.05) is 44.5 Å². The molecule has 6 nitrogen and oxygen atoms in total. The molecule has 26 heavy (non-hydrogen) atoms. The summed E-state index contributed by atoms with van der Waals surface area (Å²) in [6, 6.07) is 17.1. The second-order valence-electron chi connectivity index (χ2n) is 6.47. The Morgan fingerprint density at radius 2 is 1.92 bits per heavy atom. The van der Waals surface area contributed by atoms with E-state index in [9.17, 15) is 4.79 Å². The van der Waals surface area contributed by atoms with Gasteiger partial charge in [-0.05, 0) is 36.4 Å². The smallest absolute Gasteiger partial charge is 0.253 e. The van der Waals surface area contributed by atoms with Gasteiger partial charge in [0.25, 0.3) is 5.91 Å². The van der Waals surface area contributed by atoms with Gasteiger partial charge in [0.2, 0.25) is 0 Å². The van der Waals surface area contributed by atoms with Crippen LogP contribution in [0.15, 0.2) is 54.7 Å². The van der Waals surface area contributed by atoms with Crippen LogP contribution in [0.25, 0.3) is 5.52 Å². The Morgan fingerprint density at radius 1 is 1.08 bits per heavy atom. The Labute approximate surface area is 151 Å².